The van der Waals surface area contributed by atoms with Crippen LogP contribution in [0.25, 0.3) is 0 Å². The van der Waals surface area contributed by atoms with Gasteiger partial charge in [-0.2, -0.15) is 0 Å². The SMILES string of the molecule is CC(=O)O[C@]1(C(C)=O)CC[C@H]2[C@@H]3C=C(Cl)C4=CC(=O)CC[C@]4(C)[C@H]3CC[C@@]21C.OCC(O)CO.OC[C@@H](O)[C@@H](O)[C@H](O)[C@H](O)CO. The molecule has 0 bridgehead atoms. The Bertz CT molecular complexity index is 1130. The zero-order valence-electron chi connectivity index (χ0n) is 26.9. The minimum Gasteiger partial charge on any atom is -0.451 e. The Morgan fingerprint density at radius 2 is 1.39 bits per heavy atom. The molecule has 13 nitrogen and oxygen atoms in total. The van der Waals surface area contributed by atoms with Crippen LogP contribution < -0.4 is 0 Å². The van der Waals surface area contributed by atoms with Crippen LogP contribution in [0.2, 0.25) is 0 Å². The topological polar surface area (TPSA) is 243 Å². The van der Waals surface area contributed by atoms with E-state index < -0.39 is 49.3 Å². The highest BCUT2D eigenvalue weighted by Crippen LogP contribution is 2.68. The van der Waals surface area contributed by atoms with Gasteiger partial charge in [-0.05, 0) is 73.8 Å². The summed E-state index contributed by atoms with van der Waals surface area (Å²) in [6, 6.07) is 0. The van der Waals surface area contributed by atoms with E-state index in [0.29, 0.717) is 23.8 Å². The van der Waals surface area contributed by atoms with Gasteiger partial charge in [0.05, 0.1) is 26.4 Å². The van der Waals surface area contributed by atoms with Crippen molar-refractivity contribution in [2.45, 2.75) is 102 Å². The maximum absolute atomic E-state index is 12.7. The van der Waals surface area contributed by atoms with Crippen molar-refractivity contribution in [3.8, 4) is 0 Å². The zero-order valence-corrected chi connectivity index (χ0v) is 27.6. The van der Waals surface area contributed by atoms with Crippen molar-refractivity contribution in [1.82, 2.24) is 0 Å². The van der Waals surface area contributed by atoms with Gasteiger partial charge in [0.15, 0.2) is 17.2 Å². The van der Waals surface area contributed by atoms with Gasteiger partial charge in [0.2, 0.25) is 0 Å². The molecule has 9 N–H and O–H groups in total. The molecule has 264 valence electrons. The van der Waals surface area contributed by atoms with Crippen molar-refractivity contribution >= 4 is 29.1 Å². The average molecular weight is 679 g/mol. The van der Waals surface area contributed by atoms with Crippen LogP contribution in [0, 0.1) is 28.6 Å². The van der Waals surface area contributed by atoms with E-state index in [2.05, 4.69) is 19.9 Å². The molecule has 2 fully saturated rings. The minimum absolute atomic E-state index is 0.0490. The lowest BCUT2D eigenvalue weighted by molar-refractivity contribution is -0.185. The lowest BCUT2D eigenvalue weighted by Gasteiger charge is -2.57. The molecule has 0 heterocycles. The van der Waals surface area contributed by atoms with Crippen molar-refractivity contribution in [1.29, 1.82) is 0 Å². The number of hydrogen-bond donors (Lipinski definition) is 9. The Morgan fingerprint density at radius 1 is 0.870 bits per heavy atom. The fourth-order valence-corrected chi connectivity index (χ4v) is 8.28. The number of hydrogen-bond acceptors (Lipinski definition) is 13. The highest BCUT2D eigenvalue weighted by Gasteiger charge is 2.67. The number of halogens is 1. The second kappa shape index (κ2) is 16.6. The molecule has 10 atom stereocenters. The van der Waals surface area contributed by atoms with Gasteiger partial charge in [0, 0.05) is 23.8 Å². The monoisotopic (exact) mass is 678 g/mol. The summed E-state index contributed by atoms with van der Waals surface area (Å²) in [6.07, 6.45) is 1.14. The van der Waals surface area contributed by atoms with Gasteiger partial charge < -0.3 is 50.7 Å². The lowest BCUT2D eigenvalue weighted by atomic mass is 9.48. The lowest BCUT2D eigenvalue weighted by Crippen LogP contribution is -2.58. The van der Waals surface area contributed by atoms with Crippen LogP contribution >= 0.6 is 11.6 Å². The quantitative estimate of drug-likeness (QED) is 0.140. The van der Waals surface area contributed by atoms with E-state index in [1.54, 1.807) is 13.0 Å². The number of aliphatic hydroxyl groups excluding tert-OH is 9. The third-order valence-corrected chi connectivity index (χ3v) is 10.8. The summed E-state index contributed by atoms with van der Waals surface area (Å²) in [5.41, 5.74) is -0.532. The van der Waals surface area contributed by atoms with Crippen LogP contribution in [0.4, 0.5) is 0 Å². The van der Waals surface area contributed by atoms with Crippen LogP contribution in [0.1, 0.15) is 66.2 Å². The van der Waals surface area contributed by atoms with Crippen LogP contribution in [0.15, 0.2) is 22.8 Å². The van der Waals surface area contributed by atoms with Gasteiger partial charge in [-0.15, -0.1) is 0 Å². The molecule has 0 saturated heterocycles. The maximum Gasteiger partial charge on any atom is 0.303 e. The van der Waals surface area contributed by atoms with E-state index in [-0.39, 0.29) is 53.4 Å². The molecule has 0 aromatic heterocycles. The Kier molecular flexibility index (Phi) is 14.5. The number of carbonyl (C=O) groups is 3. The van der Waals surface area contributed by atoms with Gasteiger partial charge in [0.1, 0.15) is 30.5 Å². The van der Waals surface area contributed by atoms with Gasteiger partial charge in [-0.1, -0.05) is 31.5 Å². The van der Waals surface area contributed by atoms with Crippen molar-refractivity contribution in [3.05, 3.63) is 22.8 Å². The van der Waals surface area contributed by atoms with E-state index in [4.69, 9.17) is 62.3 Å². The summed E-state index contributed by atoms with van der Waals surface area (Å²) < 4.78 is 5.79. The molecule has 0 spiro atoms. The zero-order chi connectivity index (χ0) is 35.2. The molecule has 4 rings (SSSR count). The summed E-state index contributed by atoms with van der Waals surface area (Å²) in [5.74, 6) is 0.584. The van der Waals surface area contributed by atoms with E-state index in [1.165, 1.54) is 6.92 Å². The van der Waals surface area contributed by atoms with Crippen LogP contribution in [0.3, 0.4) is 0 Å². The third kappa shape index (κ3) is 8.08. The number of rotatable bonds is 9. The summed E-state index contributed by atoms with van der Waals surface area (Å²) in [4.78, 5) is 36.6. The standard InChI is InChI=1S/C23H29ClO4.C6H14O6.C3H8O3/c1-13(25)23(28-14(2)26)10-7-18-16-12-20(24)19-11-15(27)5-8-21(19,3)17(16)6-9-22(18,23)4;7-1-3(9)5(11)6(12)4(10)2-8;4-1-3(6)2-5/h11-12,16-18H,5-10H2,1-4H3;3-12H,1-2H2;3-6H,1-2H2/t16-,17+,18+,21-,22+,23+;3-,4-,5-,6-;/m11./s1. The summed E-state index contributed by atoms with van der Waals surface area (Å²) in [7, 11) is 0. The summed E-state index contributed by atoms with van der Waals surface area (Å²) >= 11 is 6.71. The summed E-state index contributed by atoms with van der Waals surface area (Å²) in [6.45, 7) is 5.15. The molecule has 0 radical (unpaired) electrons. The predicted octanol–water partition coefficient (Wildman–Crippen LogP) is -0.502. The molecule has 0 unspecified atom stereocenters. The Labute approximate surface area is 274 Å². The van der Waals surface area contributed by atoms with Crippen molar-refractivity contribution in [2.24, 2.45) is 28.6 Å². The second-order valence-electron chi connectivity index (χ2n) is 13.2. The molecule has 0 aromatic carbocycles. The normalized spacial score (nSPS) is 34.1. The first-order valence-electron chi connectivity index (χ1n) is 15.6. The smallest absolute Gasteiger partial charge is 0.303 e. The Balaban J connectivity index is 0.000000340. The maximum atomic E-state index is 12.7. The predicted molar refractivity (Wildman–Crippen MR) is 165 cm³/mol. The molecular weight excluding hydrogens is 628 g/mol. The number of fused-ring (bicyclic) bond motifs is 5. The van der Waals surface area contributed by atoms with Crippen LogP contribution in [-0.2, 0) is 19.1 Å². The molecule has 46 heavy (non-hydrogen) atoms. The molecule has 4 aliphatic rings. The first-order chi connectivity index (χ1) is 21.4. The van der Waals surface area contributed by atoms with Gasteiger partial charge in [-0.25, -0.2) is 0 Å². The highest BCUT2D eigenvalue weighted by molar-refractivity contribution is 6.32. The molecule has 0 amide bonds. The first kappa shape index (κ1) is 40.4. The van der Waals surface area contributed by atoms with E-state index >= 15 is 0 Å². The number of Topliss-reactive ketones (excluding diaryl/α,β-unsaturated/α-hetero) is 1. The first-order valence-corrected chi connectivity index (χ1v) is 16.0. The van der Waals surface area contributed by atoms with Crippen molar-refractivity contribution < 1.29 is 65.1 Å². The summed E-state index contributed by atoms with van der Waals surface area (Å²) in [5, 5.41) is 76.9. The van der Waals surface area contributed by atoms with Crippen molar-refractivity contribution in [3.63, 3.8) is 0 Å². The number of ether oxygens (including phenoxy) is 1. The number of carbonyl (C=O) groups excluding carboxylic acids is 3. The Hall–Kier alpha value is -1.78. The molecule has 0 aromatic rings. The average Bonchev–Trinajstić information content (AvgIpc) is 3.33. The van der Waals surface area contributed by atoms with Gasteiger partial charge in [-0.3, -0.25) is 14.4 Å². The Morgan fingerprint density at radius 3 is 1.83 bits per heavy atom. The van der Waals surface area contributed by atoms with E-state index in [1.807, 2.05) is 0 Å². The molecule has 4 aliphatic carbocycles. The molecule has 14 heteroatoms. The molecular formula is C32H51ClO13. The minimum atomic E-state index is -1.67. The van der Waals surface area contributed by atoms with Crippen LogP contribution in [0.5, 0.6) is 0 Å². The molecule has 2 saturated carbocycles. The molecule has 0 aliphatic heterocycles. The van der Waals surface area contributed by atoms with E-state index in [9.17, 15) is 14.4 Å². The van der Waals surface area contributed by atoms with Gasteiger partial charge >= 0.3 is 5.97 Å². The van der Waals surface area contributed by atoms with E-state index in [0.717, 1.165) is 31.3 Å². The fraction of sp³-hybridized carbons (Fsp3) is 0.781. The van der Waals surface area contributed by atoms with Crippen molar-refractivity contribution in [2.75, 3.05) is 26.4 Å². The number of esters is 1. The fourth-order valence-electron chi connectivity index (χ4n) is 7.86. The number of allylic oxidation sites excluding steroid dienone is 4. The highest BCUT2D eigenvalue weighted by atomic mass is 35.5. The number of aliphatic hydroxyl groups is 9. The van der Waals surface area contributed by atoms with Gasteiger partial charge in [0.25, 0.3) is 0 Å². The van der Waals surface area contributed by atoms with Crippen LogP contribution in [-0.4, -0.2) is 126 Å². The largest absolute Gasteiger partial charge is 0.451 e. The number of ketones is 2. The third-order valence-electron chi connectivity index (χ3n) is 10.5. The second-order valence-corrected chi connectivity index (χ2v) is 13.6.